The molecular formula is C10H10N4O3. The standard InChI is InChI=1S/C10H10N4O3/c1-2-14-6-7(5-11-14)17-9-4-3-8(10(15)16)12-13-9/h3-6H,2H2,1H3,(H,15,16). The fraction of sp³-hybridized carbons (Fsp3) is 0.200. The fourth-order valence-corrected chi connectivity index (χ4v) is 1.18. The molecular weight excluding hydrogens is 224 g/mol. The van der Waals surface area contributed by atoms with Crippen molar-refractivity contribution in [1.29, 1.82) is 0 Å². The number of ether oxygens (including phenoxy) is 1. The van der Waals surface area contributed by atoms with E-state index in [2.05, 4.69) is 15.3 Å². The Kier molecular flexibility index (Phi) is 2.99. The third-order valence-electron chi connectivity index (χ3n) is 2.02. The Morgan fingerprint density at radius 3 is 2.82 bits per heavy atom. The van der Waals surface area contributed by atoms with Gasteiger partial charge in [0.05, 0.1) is 12.4 Å². The second-order valence-electron chi connectivity index (χ2n) is 3.20. The van der Waals surface area contributed by atoms with Gasteiger partial charge < -0.3 is 9.84 Å². The van der Waals surface area contributed by atoms with Gasteiger partial charge in [-0.3, -0.25) is 4.68 Å². The lowest BCUT2D eigenvalue weighted by molar-refractivity contribution is 0.0689. The van der Waals surface area contributed by atoms with Crippen LogP contribution in [0.4, 0.5) is 0 Å². The van der Waals surface area contributed by atoms with Crippen molar-refractivity contribution in [2.45, 2.75) is 13.5 Å². The molecule has 2 aromatic rings. The van der Waals surface area contributed by atoms with E-state index >= 15 is 0 Å². The van der Waals surface area contributed by atoms with Gasteiger partial charge in [0, 0.05) is 12.6 Å². The smallest absolute Gasteiger partial charge is 0.356 e. The number of hydrogen-bond acceptors (Lipinski definition) is 5. The van der Waals surface area contributed by atoms with Crippen molar-refractivity contribution < 1.29 is 14.6 Å². The van der Waals surface area contributed by atoms with Gasteiger partial charge in [-0.25, -0.2) is 4.79 Å². The summed E-state index contributed by atoms with van der Waals surface area (Å²) in [5, 5.41) is 19.8. The normalized spacial score (nSPS) is 10.2. The van der Waals surface area contributed by atoms with Crippen LogP contribution in [0.25, 0.3) is 0 Å². The number of carboxylic acids is 1. The predicted molar refractivity (Wildman–Crippen MR) is 57.0 cm³/mol. The van der Waals surface area contributed by atoms with Crippen LogP contribution in [0.5, 0.6) is 11.6 Å². The minimum atomic E-state index is -1.12. The Bertz CT molecular complexity index is 521. The summed E-state index contributed by atoms with van der Waals surface area (Å²) in [6.07, 6.45) is 3.27. The van der Waals surface area contributed by atoms with Gasteiger partial charge in [-0.2, -0.15) is 5.10 Å². The summed E-state index contributed by atoms with van der Waals surface area (Å²) in [5.74, 6) is -0.363. The van der Waals surface area contributed by atoms with E-state index in [0.29, 0.717) is 5.75 Å². The van der Waals surface area contributed by atoms with E-state index in [1.54, 1.807) is 17.1 Å². The average molecular weight is 234 g/mol. The highest BCUT2D eigenvalue weighted by molar-refractivity contribution is 5.84. The topological polar surface area (TPSA) is 90.1 Å². The third-order valence-corrected chi connectivity index (χ3v) is 2.02. The zero-order valence-corrected chi connectivity index (χ0v) is 9.07. The quantitative estimate of drug-likeness (QED) is 0.854. The van der Waals surface area contributed by atoms with Crippen molar-refractivity contribution >= 4 is 5.97 Å². The average Bonchev–Trinajstić information content (AvgIpc) is 2.77. The number of aromatic carboxylic acids is 1. The summed E-state index contributed by atoms with van der Waals surface area (Å²) < 4.78 is 7.05. The molecule has 0 aromatic carbocycles. The predicted octanol–water partition coefficient (Wildman–Crippen LogP) is 1.18. The molecule has 0 atom stereocenters. The molecule has 0 saturated carbocycles. The van der Waals surface area contributed by atoms with Crippen LogP contribution < -0.4 is 4.74 Å². The van der Waals surface area contributed by atoms with E-state index in [0.717, 1.165) is 6.54 Å². The largest absolute Gasteiger partial charge is 0.476 e. The Balaban J connectivity index is 2.10. The van der Waals surface area contributed by atoms with Gasteiger partial charge in [0.15, 0.2) is 11.4 Å². The van der Waals surface area contributed by atoms with E-state index < -0.39 is 5.97 Å². The molecule has 17 heavy (non-hydrogen) atoms. The fourth-order valence-electron chi connectivity index (χ4n) is 1.18. The Morgan fingerprint density at radius 2 is 2.29 bits per heavy atom. The highest BCUT2D eigenvalue weighted by Gasteiger charge is 2.06. The van der Waals surface area contributed by atoms with E-state index in [1.807, 2.05) is 6.92 Å². The van der Waals surface area contributed by atoms with Gasteiger partial charge >= 0.3 is 5.97 Å². The van der Waals surface area contributed by atoms with Crippen LogP contribution >= 0.6 is 0 Å². The first-order valence-corrected chi connectivity index (χ1v) is 4.96. The molecule has 0 bridgehead atoms. The number of rotatable bonds is 4. The Labute approximate surface area is 96.7 Å². The summed E-state index contributed by atoms with van der Waals surface area (Å²) in [5.41, 5.74) is -0.124. The van der Waals surface area contributed by atoms with Crippen LogP contribution in [0.2, 0.25) is 0 Å². The van der Waals surface area contributed by atoms with Crippen LogP contribution in [-0.2, 0) is 6.54 Å². The third kappa shape index (κ3) is 2.57. The summed E-state index contributed by atoms with van der Waals surface area (Å²) in [6.45, 7) is 2.70. The van der Waals surface area contributed by atoms with Crippen LogP contribution in [0, 0.1) is 0 Å². The molecule has 0 saturated heterocycles. The first-order valence-electron chi connectivity index (χ1n) is 4.96. The molecule has 2 aromatic heterocycles. The lowest BCUT2D eigenvalue weighted by atomic mass is 10.4. The molecule has 7 heteroatoms. The molecule has 0 unspecified atom stereocenters. The summed E-state index contributed by atoms with van der Waals surface area (Å²) in [7, 11) is 0. The van der Waals surface area contributed by atoms with E-state index in [-0.39, 0.29) is 11.6 Å². The van der Waals surface area contributed by atoms with E-state index in [9.17, 15) is 4.79 Å². The molecule has 2 rings (SSSR count). The molecule has 0 amide bonds. The van der Waals surface area contributed by atoms with Gasteiger partial charge in [-0.1, -0.05) is 0 Å². The summed E-state index contributed by atoms with van der Waals surface area (Å²) in [6, 6.07) is 2.77. The Hall–Kier alpha value is -2.44. The molecule has 2 heterocycles. The van der Waals surface area contributed by atoms with E-state index in [4.69, 9.17) is 9.84 Å². The zero-order chi connectivity index (χ0) is 12.3. The van der Waals surface area contributed by atoms with Gasteiger partial charge in [-0.05, 0) is 13.0 Å². The molecule has 0 spiro atoms. The van der Waals surface area contributed by atoms with Gasteiger partial charge in [0.1, 0.15) is 0 Å². The lowest BCUT2D eigenvalue weighted by Gasteiger charge is -2.00. The van der Waals surface area contributed by atoms with Gasteiger partial charge in [0.25, 0.3) is 0 Å². The maximum atomic E-state index is 10.6. The first-order chi connectivity index (χ1) is 8.19. The number of aromatic nitrogens is 4. The van der Waals surface area contributed by atoms with Crippen molar-refractivity contribution in [2.75, 3.05) is 0 Å². The first kappa shape index (κ1) is 11.1. The van der Waals surface area contributed by atoms with Crippen molar-refractivity contribution in [3.8, 4) is 11.6 Å². The van der Waals surface area contributed by atoms with Crippen LogP contribution in [0.3, 0.4) is 0 Å². The minimum Gasteiger partial charge on any atom is -0.476 e. The monoisotopic (exact) mass is 234 g/mol. The SMILES string of the molecule is CCn1cc(Oc2ccc(C(=O)O)nn2)cn1. The van der Waals surface area contributed by atoms with Crippen LogP contribution in [0.1, 0.15) is 17.4 Å². The Morgan fingerprint density at radius 1 is 1.47 bits per heavy atom. The van der Waals surface area contributed by atoms with E-state index in [1.165, 1.54) is 12.1 Å². The molecule has 7 nitrogen and oxygen atoms in total. The van der Waals surface area contributed by atoms with Gasteiger partial charge in [-0.15, -0.1) is 10.2 Å². The van der Waals surface area contributed by atoms with Crippen molar-refractivity contribution in [3.63, 3.8) is 0 Å². The summed E-state index contributed by atoms with van der Waals surface area (Å²) >= 11 is 0. The number of carbonyl (C=O) groups is 1. The molecule has 0 fully saturated rings. The second kappa shape index (κ2) is 4.60. The summed E-state index contributed by atoms with van der Waals surface area (Å²) in [4.78, 5) is 10.6. The number of nitrogens with zero attached hydrogens (tertiary/aromatic N) is 4. The maximum Gasteiger partial charge on any atom is 0.356 e. The molecule has 0 aliphatic carbocycles. The van der Waals surface area contributed by atoms with Crippen molar-refractivity contribution in [3.05, 3.63) is 30.2 Å². The minimum absolute atomic E-state index is 0.124. The van der Waals surface area contributed by atoms with Crippen molar-refractivity contribution in [2.24, 2.45) is 0 Å². The highest BCUT2D eigenvalue weighted by atomic mass is 16.5. The molecule has 1 N–H and O–H groups in total. The second-order valence-corrected chi connectivity index (χ2v) is 3.20. The zero-order valence-electron chi connectivity index (χ0n) is 9.07. The van der Waals surface area contributed by atoms with Crippen molar-refractivity contribution in [1.82, 2.24) is 20.0 Å². The highest BCUT2D eigenvalue weighted by Crippen LogP contribution is 2.17. The van der Waals surface area contributed by atoms with Crippen LogP contribution in [0.15, 0.2) is 24.5 Å². The molecule has 0 radical (unpaired) electrons. The number of carboxylic acid groups (broad SMARTS) is 1. The molecule has 0 aliphatic rings. The maximum absolute atomic E-state index is 10.6. The molecule has 88 valence electrons. The van der Waals surface area contributed by atoms with Crippen LogP contribution in [-0.4, -0.2) is 31.1 Å². The number of aryl methyl sites for hydroxylation is 1. The molecule has 0 aliphatic heterocycles. The number of hydrogen-bond donors (Lipinski definition) is 1. The van der Waals surface area contributed by atoms with Gasteiger partial charge in [0.2, 0.25) is 5.88 Å². The lowest BCUT2D eigenvalue weighted by Crippen LogP contribution is -2.01.